The Bertz CT molecular complexity index is 867. The molecule has 3 aromatic carbocycles. The molecule has 26 heavy (non-hydrogen) atoms. The molecule has 0 bridgehead atoms. The van der Waals surface area contributed by atoms with E-state index < -0.39 is 0 Å². The topological polar surface area (TPSA) is 37.3 Å². The van der Waals surface area contributed by atoms with Crippen LogP contribution in [0.2, 0.25) is 0 Å². The second-order valence-corrected chi connectivity index (χ2v) is 6.41. The molecule has 0 fully saturated rings. The Kier molecular flexibility index (Phi) is 5.80. The average molecular weight is 348 g/mol. The van der Waals surface area contributed by atoms with Crippen molar-refractivity contribution in [1.29, 1.82) is 0 Å². The van der Waals surface area contributed by atoms with E-state index in [4.69, 9.17) is 0 Å². The average Bonchev–Trinajstić information content (AvgIpc) is 2.65. The first kappa shape index (κ1) is 17.9. The van der Waals surface area contributed by atoms with Crippen LogP contribution in [0.25, 0.3) is 11.1 Å². The predicted octanol–water partition coefficient (Wildman–Crippen LogP) is 5.33. The van der Waals surface area contributed by atoms with E-state index in [0.717, 1.165) is 29.5 Å². The lowest BCUT2D eigenvalue weighted by Crippen LogP contribution is -2.03. The molecule has 0 atom stereocenters. The van der Waals surface area contributed by atoms with Gasteiger partial charge in [-0.1, -0.05) is 54.6 Å². The van der Waals surface area contributed by atoms with Crippen LogP contribution in [-0.2, 0) is 17.6 Å². The summed E-state index contributed by atoms with van der Waals surface area (Å²) in [4.78, 5) is 12.1. The summed E-state index contributed by atoms with van der Waals surface area (Å²) in [5, 5.41) is 9.26. The van der Waals surface area contributed by atoms with Crippen LogP contribution < -0.4 is 0 Å². The fourth-order valence-electron chi connectivity index (χ4n) is 2.97. The van der Waals surface area contributed by atoms with Gasteiger partial charge in [-0.2, -0.15) is 0 Å². The van der Waals surface area contributed by atoms with Gasteiger partial charge >= 0.3 is 0 Å². The Hall–Kier alpha value is -2.94. The number of phenols is 1. The third-order valence-electron chi connectivity index (χ3n) is 4.40. The smallest absolute Gasteiger partial charge is 0.137 e. The second-order valence-electron chi connectivity index (χ2n) is 6.41. The zero-order valence-electron chi connectivity index (χ0n) is 14.5. The molecule has 0 unspecified atom stereocenters. The summed E-state index contributed by atoms with van der Waals surface area (Å²) in [5.74, 6) is 0.179. The first-order chi connectivity index (χ1) is 12.6. The van der Waals surface area contributed by atoms with E-state index in [2.05, 4.69) is 0 Å². The SMILES string of the molecule is O=C(CCCc1ccc(-c2ccccc2F)cc1)Cc1ccc(O)cc1. The molecule has 0 aliphatic heterocycles. The number of Topliss-reactive ketones (excluding diaryl/α,β-unsaturated/α-hetero) is 1. The Balaban J connectivity index is 1.50. The Morgan fingerprint density at radius 2 is 1.50 bits per heavy atom. The predicted molar refractivity (Wildman–Crippen MR) is 102 cm³/mol. The standard InChI is InChI=1S/C23H21FO2/c24-23-7-2-1-6-22(23)19-12-8-17(9-13-19)4-3-5-21(26)16-18-10-14-20(25)15-11-18/h1-2,6-15,25H,3-5,16H2. The maximum Gasteiger partial charge on any atom is 0.137 e. The van der Waals surface area contributed by atoms with Gasteiger partial charge in [0.15, 0.2) is 0 Å². The van der Waals surface area contributed by atoms with Gasteiger partial charge in [-0.25, -0.2) is 4.39 Å². The van der Waals surface area contributed by atoms with Crippen molar-refractivity contribution in [2.24, 2.45) is 0 Å². The van der Waals surface area contributed by atoms with Gasteiger partial charge < -0.3 is 5.11 Å². The van der Waals surface area contributed by atoms with E-state index in [9.17, 15) is 14.3 Å². The Morgan fingerprint density at radius 3 is 2.19 bits per heavy atom. The maximum atomic E-state index is 13.8. The van der Waals surface area contributed by atoms with Crippen molar-refractivity contribution >= 4 is 5.78 Å². The van der Waals surface area contributed by atoms with Gasteiger partial charge in [0, 0.05) is 18.4 Å². The Morgan fingerprint density at radius 1 is 0.846 bits per heavy atom. The van der Waals surface area contributed by atoms with E-state index in [0.29, 0.717) is 18.4 Å². The van der Waals surface area contributed by atoms with Crippen LogP contribution in [0.4, 0.5) is 4.39 Å². The number of aromatic hydroxyl groups is 1. The summed E-state index contributed by atoms with van der Waals surface area (Å²) < 4.78 is 13.8. The van der Waals surface area contributed by atoms with Crippen LogP contribution in [0.5, 0.6) is 5.75 Å². The number of halogens is 1. The number of aryl methyl sites for hydroxylation is 1. The van der Waals surface area contributed by atoms with Gasteiger partial charge in [-0.15, -0.1) is 0 Å². The second kappa shape index (κ2) is 8.43. The largest absolute Gasteiger partial charge is 0.508 e. The molecule has 132 valence electrons. The highest BCUT2D eigenvalue weighted by molar-refractivity contribution is 5.80. The molecule has 3 aromatic rings. The number of carbonyl (C=O) groups is 1. The lowest BCUT2D eigenvalue weighted by Gasteiger charge is -2.06. The molecule has 0 aliphatic rings. The minimum atomic E-state index is -0.222. The van der Waals surface area contributed by atoms with E-state index >= 15 is 0 Å². The van der Waals surface area contributed by atoms with Crippen molar-refractivity contribution in [2.75, 3.05) is 0 Å². The summed E-state index contributed by atoms with van der Waals surface area (Å²) in [6.45, 7) is 0. The van der Waals surface area contributed by atoms with Crippen molar-refractivity contribution in [3.05, 3.63) is 89.7 Å². The molecule has 1 N–H and O–H groups in total. The minimum Gasteiger partial charge on any atom is -0.508 e. The van der Waals surface area contributed by atoms with Crippen LogP contribution in [0.15, 0.2) is 72.8 Å². The van der Waals surface area contributed by atoms with Gasteiger partial charge in [0.05, 0.1) is 0 Å². The summed E-state index contributed by atoms with van der Waals surface area (Å²) in [7, 11) is 0. The summed E-state index contributed by atoms with van der Waals surface area (Å²) in [5.41, 5.74) is 3.52. The van der Waals surface area contributed by atoms with Crippen LogP contribution in [0, 0.1) is 5.82 Å². The lowest BCUT2D eigenvalue weighted by molar-refractivity contribution is -0.118. The van der Waals surface area contributed by atoms with E-state index in [1.807, 2.05) is 30.3 Å². The van der Waals surface area contributed by atoms with E-state index in [-0.39, 0.29) is 17.3 Å². The Labute approximate surface area is 152 Å². The molecule has 0 radical (unpaired) electrons. The minimum absolute atomic E-state index is 0.193. The number of hydrogen-bond donors (Lipinski definition) is 1. The zero-order chi connectivity index (χ0) is 18.4. The highest BCUT2D eigenvalue weighted by atomic mass is 19.1. The zero-order valence-corrected chi connectivity index (χ0v) is 14.5. The molecule has 0 aliphatic carbocycles. The first-order valence-electron chi connectivity index (χ1n) is 8.75. The monoisotopic (exact) mass is 348 g/mol. The van der Waals surface area contributed by atoms with Crippen LogP contribution >= 0.6 is 0 Å². The first-order valence-corrected chi connectivity index (χ1v) is 8.75. The summed E-state index contributed by atoms with van der Waals surface area (Å²) >= 11 is 0. The molecule has 0 amide bonds. The number of benzene rings is 3. The van der Waals surface area contributed by atoms with Gasteiger partial charge in [-0.3, -0.25) is 4.79 Å². The number of ketones is 1. The van der Waals surface area contributed by atoms with Crippen molar-refractivity contribution < 1.29 is 14.3 Å². The van der Waals surface area contributed by atoms with Gasteiger partial charge in [0.2, 0.25) is 0 Å². The summed E-state index contributed by atoms with van der Waals surface area (Å²) in [6.07, 6.45) is 2.53. The number of carbonyl (C=O) groups excluding carboxylic acids is 1. The highest BCUT2D eigenvalue weighted by Crippen LogP contribution is 2.23. The molecular formula is C23H21FO2. The molecule has 2 nitrogen and oxygen atoms in total. The third kappa shape index (κ3) is 4.79. The summed E-state index contributed by atoms with van der Waals surface area (Å²) in [6, 6.07) is 21.3. The molecule has 0 heterocycles. The van der Waals surface area contributed by atoms with Gasteiger partial charge in [0.1, 0.15) is 17.3 Å². The van der Waals surface area contributed by atoms with Crippen molar-refractivity contribution in [3.8, 4) is 16.9 Å². The number of phenolic OH excluding ortho intramolecular Hbond substituents is 1. The fraction of sp³-hybridized carbons (Fsp3) is 0.174. The van der Waals surface area contributed by atoms with Gasteiger partial charge in [0.25, 0.3) is 0 Å². The molecule has 0 saturated carbocycles. The quantitative estimate of drug-likeness (QED) is 0.626. The van der Waals surface area contributed by atoms with Crippen molar-refractivity contribution in [1.82, 2.24) is 0 Å². The molecule has 0 saturated heterocycles. The molecular weight excluding hydrogens is 327 g/mol. The number of rotatable bonds is 7. The lowest BCUT2D eigenvalue weighted by atomic mass is 9.99. The van der Waals surface area contributed by atoms with Crippen LogP contribution in [0.3, 0.4) is 0 Å². The normalized spacial score (nSPS) is 10.7. The molecule has 0 spiro atoms. The van der Waals surface area contributed by atoms with Crippen molar-refractivity contribution in [3.63, 3.8) is 0 Å². The molecule has 3 heteroatoms. The number of hydrogen-bond acceptors (Lipinski definition) is 2. The van der Waals surface area contributed by atoms with Crippen LogP contribution in [0.1, 0.15) is 24.0 Å². The van der Waals surface area contributed by atoms with E-state index in [1.54, 1.807) is 36.4 Å². The third-order valence-corrected chi connectivity index (χ3v) is 4.40. The fourth-order valence-corrected chi connectivity index (χ4v) is 2.97. The maximum absolute atomic E-state index is 13.8. The molecule has 3 rings (SSSR count). The highest BCUT2D eigenvalue weighted by Gasteiger charge is 2.06. The van der Waals surface area contributed by atoms with E-state index in [1.165, 1.54) is 6.07 Å². The van der Waals surface area contributed by atoms with Gasteiger partial charge in [-0.05, 0) is 47.7 Å². The molecule has 0 aromatic heterocycles. The van der Waals surface area contributed by atoms with Crippen molar-refractivity contribution in [2.45, 2.75) is 25.7 Å². The van der Waals surface area contributed by atoms with Crippen LogP contribution in [-0.4, -0.2) is 10.9 Å².